The molecule has 2 saturated heterocycles. The lowest BCUT2D eigenvalue weighted by atomic mass is 9.91. The van der Waals surface area contributed by atoms with Gasteiger partial charge in [-0.2, -0.15) is 0 Å². The maximum Gasteiger partial charge on any atom is 0.257 e. The number of piperidine rings is 1. The van der Waals surface area contributed by atoms with Crippen LogP contribution in [0.4, 0.5) is 4.39 Å². The van der Waals surface area contributed by atoms with E-state index < -0.39 is 0 Å². The van der Waals surface area contributed by atoms with Gasteiger partial charge in [-0.3, -0.25) is 9.36 Å². The van der Waals surface area contributed by atoms with E-state index >= 15 is 0 Å². The molecule has 2 unspecified atom stereocenters. The van der Waals surface area contributed by atoms with Gasteiger partial charge in [0.25, 0.3) is 5.56 Å². The van der Waals surface area contributed by atoms with Gasteiger partial charge in [0.15, 0.2) is 11.9 Å². The first kappa shape index (κ1) is 24.7. The van der Waals surface area contributed by atoms with Gasteiger partial charge in [-0.25, -0.2) is 9.37 Å². The van der Waals surface area contributed by atoms with Crippen LogP contribution in [0.5, 0.6) is 0 Å². The predicted molar refractivity (Wildman–Crippen MR) is 136 cm³/mol. The van der Waals surface area contributed by atoms with Crippen molar-refractivity contribution in [2.45, 2.75) is 83.1 Å². The lowest BCUT2D eigenvalue weighted by Gasteiger charge is -2.32. The molecule has 198 valence electrons. The summed E-state index contributed by atoms with van der Waals surface area (Å²) in [6, 6.07) is 4.62. The van der Waals surface area contributed by atoms with Crippen LogP contribution in [0.15, 0.2) is 27.5 Å². The fourth-order valence-corrected chi connectivity index (χ4v) is 6.09. The molecule has 3 aliphatic heterocycles. The minimum Gasteiger partial charge on any atom is -0.356 e. The lowest BCUT2D eigenvalue weighted by molar-refractivity contribution is -0.195. The number of aryl methyl sites for hydroxylation is 1. The summed E-state index contributed by atoms with van der Waals surface area (Å²) in [6.07, 6.45) is 7.11. The maximum atomic E-state index is 13.5. The van der Waals surface area contributed by atoms with E-state index in [0.717, 1.165) is 99.3 Å². The number of fused-ring (bicyclic) bond motifs is 2. The zero-order valence-electron chi connectivity index (χ0n) is 21.5. The van der Waals surface area contributed by atoms with Gasteiger partial charge in [0.1, 0.15) is 17.7 Å². The lowest BCUT2D eigenvalue weighted by Crippen LogP contribution is -2.38. The molecule has 8 nitrogen and oxygen atoms in total. The number of rotatable bonds is 6. The summed E-state index contributed by atoms with van der Waals surface area (Å²) in [5.74, 6) is 0.743. The smallest absolute Gasteiger partial charge is 0.257 e. The van der Waals surface area contributed by atoms with Crippen molar-refractivity contribution in [2.75, 3.05) is 26.2 Å². The minimum absolute atomic E-state index is 0.0801. The van der Waals surface area contributed by atoms with E-state index in [9.17, 15) is 9.18 Å². The van der Waals surface area contributed by atoms with Crippen molar-refractivity contribution in [1.29, 1.82) is 0 Å². The Morgan fingerprint density at radius 1 is 1.11 bits per heavy atom. The number of aromatic nitrogens is 3. The average molecular weight is 511 g/mol. The summed E-state index contributed by atoms with van der Waals surface area (Å²) < 4.78 is 32.7. The van der Waals surface area contributed by atoms with E-state index in [2.05, 4.69) is 10.1 Å². The van der Waals surface area contributed by atoms with Crippen LogP contribution in [0.25, 0.3) is 11.0 Å². The van der Waals surface area contributed by atoms with Crippen LogP contribution in [-0.4, -0.2) is 52.1 Å². The molecule has 1 aromatic carbocycles. The Kier molecular flexibility index (Phi) is 7.10. The highest BCUT2D eigenvalue weighted by Crippen LogP contribution is 2.33. The second kappa shape index (κ2) is 10.6. The molecule has 2 fully saturated rings. The summed E-state index contributed by atoms with van der Waals surface area (Å²) in [6.45, 7) is 6.06. The largest absolute Gasteiger partial charge is 0.356 e. The summed E-state index contributed by atoms with van der Waals surface area (Å²) in [5, 5.41) is 5.16. The fourth-order valence-electron chi connectivity index (χ4n) is 6.09. The Hall–Kier alpha value is -2.62. The molecular weight excluding hydrogens is 475 g/mol. The second-order valence-electron chi connectivity index (χ2n) is 10.6. The standard InChI is InChI=1S/C28H35FN4O4/c1-18-21(28(34)33-12-4-5-23(27(33)30-18)36-25-6-2-3-16-35-25)11-15-32-13-9-19(10-14-32)26-22-8-7-20(29)17-24(22)37-31-26/h7-8,17,19,23,25H,2-6,9-16H2,1H3. The molecule has 0 N–H and O–H groups in total. The Morgan fingerprint density at radius 2 is 1.97 bits per heavy atom. The molecule has 3 aromatic rings. The average Bonchev–Trinajstić information content (AvgIpc) is 3.33. The summed E-state index contributed by atoms with van der Waals surface area (Å²) in [4.78, 5) is 20.8. The molecule has 0 bridgehead atoms. The highest BCUT2D eigenvalue weighted by Gasteiger charge is 2.30. The molecule has 2 aromatic heterocycles. The van der Waals surface area contributed by atoms with Crippen molar-refractivity contribution in [3.63, 3.8) is 0 Å². The summed E-state index contributed by atoms with van der Waals surface area (Å²) in [5.41, 5.74) is 3.14. The molecule has 2 atom stereocenters. The number of ether oxygens (including phenoxy) is 2. The molecule has 0 spiro atoms. The van der Waals surface area contributed by atoms with Gasteiger partial charge in [0.2, 0.25) is 0 Å². The van der Waals surface area contributed by atoms with Gasteiger partial charge in [0, 0.05) is 48.3 Å². The van der Waals surface area contributed by atoms with Gasteiger partial charge in [-0.05, 0) is 83.5 Å². The quantitative estimate of drug-likeness (QED) is 0.478. The summed E-state index contributed by atoms with van der Waals surface area (Å²) >= 11 is 0. The molecule has 3 aliphatic rings. The van der Waals surface area contributed by atoms with Gasteiger partial charge in [-0.1, -0.05) is 5.16 Å². The Morgan fingerprint density at radius 3 is 2.78 bits per heavy atom. The molecule has 9 heteroatoms. The van der Waals surface area contributed by atoms with Crippen LogP contribution < -0.4 is 5.56 Å². The Balaban J connectivity index is 1.09. The molecule has 0 radical (unpaired) electrons. The van der Waals surface area contributed by atoms with E-state index in [0.29, 0.717) is 24.5 Å². The van der Waals surface area contributed by atoms with E-state index in [1.807, 2.05) is 11.5 Å². The van der Waals surface area contributed by atoms with Crippen LogP contribution in [0, 0.1) is 12.7 Å². The van der Waals surface area contributed by atoms with Crippen molar-refractivity contribution in [2.24, 2.45) is 0 Å². The first-order valence-corrected chi connectivity index (χ1v) is 13.7. The van der Waals surface area contributed by atoms with Gasteiger partial charge in [-0.15, -0.1) is 0 Å². The minimum atomic E-state index is -0.311. The molecular formula is C28H35FN4O4. The topological polar surface area (TPSA) is 82.6 Å². The third-order valence-corrected chi connectivity index (χ3v) is 8.20. The van der Waals surface area contributed by atoms with E-state index in [-0.39, 0.29) is 23.8 Å². The van der Waals surface area contributed by atoms with Crippen molar-refractivity contribution in [3.05, 3.63) is 57.1 Å². The number of likely N-dealkylation sites (tertiary alicyclic amines) is 1. The van der Waals surface area contributed by atoms with Crippen LogP contribution in [0.2, 0.25) is 0 Å². The van der Waals surface area contributed by atoms with E-state index in [1.165, 1.54) is 12.1 Å². The van der Waals surface area contributed by atoms with Crippen molar-refractivity contribution in [3.8, 4) is 0 Å². The van der Waals surface area contributed by atoms with Gasteiger partial charge in [0.05, 0.1) is 5.69 Å². The Bertz CT molecular complexity index is 1310. The van der Waals surface area contributed by atoms with Crippen molar-refractivity contribution >= 4 is 11.0 Å². The number of benzene rings is 1. The maximum absolute atomic E-state index is 13.5. The summed E-state index contributed by atoms with van der Waals surface area (Å²) in [7, 11) is 0. The van der Waals surface area contributed by atoms with Crippen LogP contribution in [0.3, 0.4) is 0 Å². The molecule has 37 heavy (non-hydrogen) atoms. The highest BCUT2D eigenvalue weighted by atomic mass is 19.1. The van der Waals surface area contributed by atoms with E-state index in [1.54, 1.807) is 6.07 Å². The fraction of sp³-hybridized carbons (Fsp3) is 0.607. The number of hydrogen-bond acceptors (Lipinski definition) is 7. The van der Waals surface area contributed by atoms with Crippen molar-refractivity contribution in [1.82, 2.24) is 19.6 Å². The third kappa shape index (κ3) is 5.09. The zero-order valence-corrected chi connectivity index (χ0v) is 21.5. The monoisotopic (exact) mass is 510 g/mol. The van der Waals surface area contributed by atoms with Crippen LogP contribution in [0.1, 0.15) is 79.7 Å². The first-order chi connectivity index (χ1) is 18.1. The normalized spacial score (nSPS) is 23.4. The molecule has 0 amide bonds. The number of nitrogens with zero attached hydrogens (tertiary/aromatic N) is 4. The van der Waals surface area contributed by atoms with Crippen LogP contribution >= 0.6 is 0 Å². The first-order valence-electron chi connectivity index (χ1n) is 13.7. The number of halogens is 1. The highest BCUT2D eigenvalue weighted by molar-refractivity contribution is 5.79. The molecule has 5 heterocycles. The molecule has 6 rings (SSSR count). The number of hydrogen-bond donors (Lipinski definition) is 0. The molecule has 0 aliphatic carbocycles. The second-order valence-corrected chi connectivity index (χ2v) is 10.6. The molecule has 0 saturated carbocycles. The Labute approximate surface area is 215 Å². The van der Waals surface area contributed by atoms with Gasteiger partial charge < -0.3 is 18.9 Å². The third-order valence-electron chi connectivity index (χ3n) is 8.20. The SMILES string of the molecule is Cc1nc2n(c(=O)c1CCN1CCC(c3noc4cc(F)ccc34)CC1)CCCC2OC1CCCCO1. The zero-order chi connectivity index (χ0) is 25.4. The van der Waals surface area contributed by atoms with Gasteiger partial charge >= 0.3 is 0 Å². The van der Waals surface area contributed by atoms with Crippen molar-refractivity contribution < 1.29 is 18.4 Å². The predicted octanol–water partition coefficient (Wildman–Crippen LogP) is 4.63. The van der Waals surface area contributed by atoms with Crippen LogP contribution in [-0.2, 0) is 22.4 Å². The van der Waals surface area contributed by atoms with E-state index in [4.69, 9.17) is 19.0 Å².